The minimum atomic E-state index is -0.502. The maximum atomic E-state index is 13.7. The maximum Gasteiger partial charge on any atom is 0.256 e. The first kappa shape index (κ1) is 21.4. The fourth-order valence-corrected chi connectivity index (χ4v) is 4.44. The summed E-state index contributed by atoms with van der Waals surface area (Å²) < 4.78 is 19.0. The number of H-pyrrole nitrogens is 1. The van der Waals surface area contributed by atoms with Gasteiger partial charge in [0.25, 0.3) is 11.8 Å². The molecule has 33 heavy (non-hydrogen) atoms. The predicted octanol–water partition coefficient (Wildman–Crippen LogP) is 4.75. The summed E-state index contributed by atoms with van der Waals surface area (Å²) >= 11 is 6.01. The molecule has 2 aliphatic rings. The maximum absolute atomic E-state index is 13.7. The number of halogens is 2. The van der Waals surface area contributed by atoms with Crippen LogP contribution in [-0.2, 0) is 9.53 Å². The average Bonchev–Trinajstić information content (AvgIpc) is 3.35. The van der Waals surface area contributed by atoms with Gasteiger partial charge < -0.3 is 19.9 Å². The van der Waals surface area contributed by atoms with Crippen LogP contribution in [0, 0.1) is 12.7 Å². The van der Waals surface area contributed by atoms with Crippen molar-refractivity contribution >= 4 is 40.8 Å². The monoisotopic (exact) mass is 465 g/mol. The molecule has 0 radical (unpaired) electrons. The lowest BCUT2D eigenvalue weighted by atomic mass is 9.94. The van der Waals surface area contributed by atoms with Crippen molar-refractivity contribution in [1.82, 2.24) is 9.88 Å². The molecule has 168 valence electrons. The molecule has 1 saturated heterocycles. The Labute approximate surface area is 195 Å². The average molecular weight is 466 g/mol. The number of hydrogen-bond acceptors (Lipinski definition) is 3. The largest absolute Gasteiger partial charge is 0.378 e. The number of ether oxygens (including phenoxy) is 1. The second-order valence-corrected chi connectivity index (χ2v) is 8.42. The standard InChI is InChI=1S/C25H21ClFN3O3/c1-14-18(25(32)30-7-9-33-10-8-30)13-28-22(14)12-17-23-16(3-2-4-21(23)29-24(17)31)15-5-6-20(27)19(26)11-15/h2-6,11-13,28H,7-10H2,1H3,(H,29,31)/b17-12-. The summed E-state index contributed by atoms with van der Waals surface area (Å²) in [5.41, 5.74) is 5.30. The van der Waals surface area contributed by atoms with Gasteiger partial charge in [-0.2, -0.15) is 0 Å². The smallest absolute Gasteiger partial charge is 0.256 e. The lowest BCUT2D eigenvalue weighted by Crippen LogP contribution is -2.40. The van der Waals surface area contributed by atoms with E-state index in [0.29, 0.717) is 59.9 Å². The van der Waals surface area contributed by atoms with E-state index >= 15 is 0 Å². The SMILES string of the molecule is Cc1c(C(=O)N2CCOCC2)c[nH]c1/C=C1\C(=O)Nc2cccc(-c3ccc(F)c(Cl)c3)c21. The first-order valence-electron chi connectivity index (χ1n) is 10.6. The van der Waals surface area contributed by atoms with Gasteiger partial charge in [-0.05, 0) is 47.9 Å². The summed E-state index contributed by atoms with van der Waals surface area (Å²) in [4.78, 5) is 30.7. The van der Waals surface area contributed by atoms with E-state index in [4.69, 9.17) is 16.3 Å². The molecule has 1 aromatic heterocycles. The van der Waals surface area contributed by atoms with Gasteiger partial charge in [-0.25, -0.2) is 4.39 Å². The molecular formula is C25H21ClFN3O3. The number of hydrogen-bond donors (Lipinski definition) is 2. The third-order valence-electron chi connectivity index (χ3n) is 6.05. The Morgan fingerprint density at radius 1 is 1.21 bits per heavy atom. The van der Waals surface area contributed by atoms with E-state index in [1.165, 1.54) is 6.07 Å². The molecule has 0 saturated carbocycles. The number of rotatable bonds is 3. The van der Waals surface area contributed by atoms with Crippen LogP contribution < -0.4 is 5.32 Å². The summed E-state index contributed by atoms with van der Waals surface area (Å²) in [5, 5.41) is 2.90. The number of anilines is 1. The first-order chi connectivity index (χ1) is 15.9. The van der Waals surface area contributed by atoms with Crippen molar-refractivity contribution in [3.05, 3.63) is 75.8 Å². The molecule has 2 aromatic carbocycles. The van der Waals surface area contributed by atoms with Crippen molar-refractivity contribution in [2.75, 3.05) is 31.6 Å². The number of carbonyl (C=O) groups is 2. The number of morpholine rings is 1. The van der Waals surface area contributed by atoms with E-state index in [-0.39, 0.29) is 16.8 Å². The predicted molar refractivity (Wildman–Crippen MR) is 126 cm³/mol. The van der Waals surface area contributed by atoms with Crippen LogP contribution in [0.15, 0.2) is 42.6 Å². The minimum Gasteiger partial charge on any atom is -0.378 e. The van der Waals surface area contributed by atoms with Gasteiger partial charge in [0.2, 0.25) is 0 Å². The second kappa shape index (κ2) is 8.50. The van der Waals surface area contributed by atoms with E-state index in [1.54, 1.807) is 29.3 Å². The Bertz CT molecular complexity index is 1310. The van der Waals surface area contributed by atoms with Crippen molar-refractivity contribution in [3.63, 3.8) is 0 Å². The zero-order valence-electron chi connectivity index (χ0n) is 17.9. The van der Waals surface area contributed by atoms with Crippen molar-refractivity contribution < 1.29 is 18.7 Å². The number of aromatic nitrogens is 1. The molecule has 2 amide bonds. The highest BCUT2D eigenvalue weighted by Crippen LogP contribution is 2.41. The molecule has 6 nitrogen and oxygen atoms in total. The summed E-state index contributed by atoms with van der Waals surface area (Å²) in [5.74, 6) is -0.812. The zero-order chi connectivity index (χ0) is 23.1. The molecule has 0 spiro atoms. The van der Waals surface area contributed by atoms with Crippen molar-refractivity contribution in [1.29, 1.82) is 0 Å². The molecule has 0 atom stereocenters. The number of nitrogens with one attached hydrogen (secondary N) is 2. The summed E-state index contributed by atoms with van der Waals surface area (Å²) in [6.07, 6.45) is 3.43. The third-order valence-corrected chi connectivity index (χ3v) is 6.34. The number of fused-ring (bicyclic) bond motifs is 1. The van der Waals surface area contributed by atoms with Gasteiger partial charge >= 0.3 is 0 Å². The van der Waals surface area contributed by atoms with Crippen LogP contribution in [0.5, 0.6) is 0 Å². The van der Waals surface area contributed by atoms with Crippen molar-refractivity contribution in [2.24, 2.45) is 0 Å². The number of benzene rings is 2. The lowest BCUT2D eigenvalue weighted by molar-refractivity contribution is -0.110. The van der Waals surface area contributed by atoms with Gasteiger partial charge in [0.05, 0.1) is 29.4 Å². The van der Waals surface area contributed by atoms with E-state index in [9.17, 15) is 14.0 Å². The third kappa shape index (κ3) is 3.83. The second-order valence-electron chi connectivity index (χ2n) is 8.01. The zero-order valence-corrected chi connectivity index (χ0v) is 18.6. The number of nitrogens with zero attached hydrogens (tertiary/aromatic N) is 1. The highest BCUT2D eigenvalue weighted by Gasteiger charge is 2.29. The molecule has 8 heteroatoms. The van der Waals surface area contributed by atoms with Crippen molar-refractivity contribution in [2.45, 2.75) is 6.92 Å². The number of amides is 2. The summed E-state index contributed by atoms with van der Waals surface area (Å²) in [6.45, 7) is 4.02. The van der Waals surface area contributed by atoms with Crippen LogP contribution in [0.4, 0.5) is 10.1 Å². The minimum absolute atomic E-state index is 0.0133. The van der Waals surface area contributed by atoms with Gasteiger partial charge in [-0.3, -0.25) is 9.59 Å². The van der Waals surface area contributed by atoms with Gasteiger partial charge in [0.1, 0.15) is 5.82 Å². The molecule has 3 heterocycles. The van der Waals surface area contributed by atoms with Gasteiger partial charge in [0, 0.05) is 36.2 Å². The summed E-state index contributed by atoms with van der Waals surface area (Å²) in [6, 6.07) is 10.0. The molecule has 3 aromatic rings. The van der Waals surface area contributed by atoms with Crippen LogP contribution >= 0.6 is 11.6 Å². The fraction of sp³-hybridized carbons (Fsp3) is 0.200. The van der Waals surface area contributed by atoms with Gasteiger partial charge in [-0.15, -0.1) is 0 Å². The topological polar surface area (TPSA) is 74.4 Å². The normalized spacial score (nSPS) is 16.8. The van der Waals surface area contributed by atoms with E-state index in [1.807, 2.05) is 25.1 Å². The quantitative estimate of drug-likeness (QED) is 0.548. The van der Waals surface area contributed by atoms with Crippen LogP contribution in [0.1, 0.15) is 27.2 Å². The molecule has 0 bridgehead atoms. The Hall–Kier alpha value is -3.42. The Kier molecular flexibility index (Phi) is 5.52. The first-order valence-corrected chi connectivity index (χ1v) is 11.0. The molecule has 5 rings (SSSR count). The van der Waals surface area contributed by atoms with Crippen LogP contribution in [0.3, 0.4) is 0 Å². The van der Waals surface area contributed by atoms with Crippen molar-refractivity contribution in [3.8, 4) is 11.1 Å². The van der Waals surface area contributed by atoms with Gasteiger partial charge in [-0.1, -0.05) is 29.8 Å². The molecule has 0 aliphatic carbocycles. The Morgan fingerprint density at radius 2 is 2.00 bits per heavy atom. The van der Waals surface area contributed by atoms with E-state index in [0.717, 1.165) is 11.1 Å². The highest BCUT2D eigenvalue weighted by molar-refractivity contribution is 6.36. The highest BCUT2D eigenvalue weighted by atomic mass is 35.5. The van der Waals surface area contributed by atoms with Crippen LogP contribution in [-0.4, -0.2) is 48.0 Å². The lowest BCUT2D eigenvalue weighted by Gasteiger charge is -2.26. The van der Waals surface area contributed by atoms with Gasteiger partial charge in [0.15, 0.2) is 0 Å². The van der Waals surface area contributed by atoms with Crippen LogP contribution in [0.2, 0.25) is 5.02 Å². The fourth-order valence-electron chi connectivity index (χ4n) is 4.26. The molecule has 0 unspecified atom stereocenters. The van der Waals surface area contributed by atoms with E-state index < -0.39 is 5.82 Å². The number of carbonyl (C=O) groups excluding carboxylic acids is 2. The summed E-state index contributed by atoms with van der Waals surface area (Å²) in [7, 11) is 0. The van der Waals surface area contributed by atoms with Crippen LogP contribution in [0.25, 0.3) is 22.8 Å². The molecule has 1 fully saturated rings. The molecule has 2 N–H and O–H groups in total. The Morgan fingerprint density at radius 3 is 2.76 bits per heavy atom. The molecule has 2 aliphatic heterocycles. The molecular weight excluding hydrogens is 445 g/mol. The Balaban J connectivity index is 1.55. The number of aromatic amines is 1. The van der Waals surface area contributed by atoms with E-state index in [2.05, 4.69) is 10.3 Å².